The van der Waals surface area contributed by atoms with Gasteiger partial charge in [0, 0.05) is 12.5 Å². The maximum atomic E-state index is 12.1. The Bertz CT molecular complexity index is 498. The van der Waals surface area contributed by atoms with E-state index >= 15 is 0 Å². The fraction of sp³-hybridized carbons (Fsp3) is 0.500. The van der Waals surface area contributed by atoms with Crippen LogP contribution >= 0.6 is 0 Å². The van der Waals surface area contributed by atoms with Crippen molar-refractivity contribution in [2.75, 3.05) is 6.54 Å². The number of amides is 1. The maximum Gasteiger partial charge on any atom is 0.306 e. The van der Waals surface area contributed by atoms with Crippen molar-refractivity contribution >= 4 is 11.9 Å². The molecule has 1 saturated carbocycles. The Morgan fingerprint density at radius 1 is 1.14 bits per heavy atom. The van der Waals surface area contributed by atoms with Crippen LogP contribution in [0.4, 0.5) is 0 Å². The number of phenolic OH excluding ortho intramolecular Hbond substituents is 1. The first-order valence-electron chi connectivity index (χ1n) is 7.34. The smallest absolute Gasteiger partial charge is 0.306 e. The van der Waals surface area contributed by atoms with Crippen LogP contribution in [0, 0.1) is 11.8 Å². The van der Waals surface area contributed by atoms with Crippen molar-refractivity contribution in [3.8, 4) is 5.75 Å². The monoisotopic (exact) mass is 291 g/mol. The molecule has 0 aliphatic heterocycles. The first-order chi connectivity index (χ1) is 10.1. The van der Waals surface area contributed by atoms with Crippen LogP contribution in [0.2, 0.25) is 0 Å². The molecule has 1 aromatic carbocycles. The summed E-state index contributed by atoms with van der Waals surface area (Å²) >= 11 is 0. The third-order valence-electron chi connectivity index (χ3n) is 4.04. The molecule has 0 saturated heterocycles. The molecular formula is C16H21NO4. The van der Waals surface area contributed by atoms with Crippen LogP contribution in [0.25, 0.3) is 0 Å². The first-order valence-corrected chi connectivity index (χ1v) is 7.34. The van der Waals surface area contributed by atoms with Gasteiger partial charge in [-0.1, -0.05) is 18.6 Å². The van der Waals surface area contributed by atoms with E-state index in [4.69, 9.17) is 5.11 Å². The molecule has 3 N–H and O–H groups in total. The van der Waals surface area contributed by atoms with E-state index in [2.05, 4.69) is 5.32 Å². The Hall–Kier alpha value is -2.04. The highest BCUT2D eigenvalue weighted by molar-refractivity contribution is 5.80. The number of carbonyl (C=O) groups excluding carboxylic acids is 1. The zero-order valence-corrected chi connectivity index (χ0v) is 11.9. The maximum absolute atomic E-state index is 12.1. The van der Waals surface area contributed by atoms with Crippen LogP contribution in [0.1, 0.15) is 31.2 Å². The van der Waals surface area contributed by atoms with Crippen LogP contribution in [-0.2, 0) is 16.0 Å². The van der Waals surface area contributed by atoms with Crippen LogP contribution in [-0.4, -0.2) is 28.6 Å². The van der Waals surface area contributed by atoms with Gasteiger partial charge in [0.15, 0.2) is 0 Å². The van der Waals surface area contributed by atoms with Gasteiger partial charge >= 0.3 is 5.97 Å². The minimum absolute atomic E-state index is 0.0419. The van der Waals surface area contributed by atoms with Gasteiger partial charge in [-0.15, -0.1) is 0 Å². The minimum Gasteiger partial charge on any atom is -0.508 e. The number of aromatic hydroxyl groups is 1. The van der Waals surface area contributed by atoms with Gasteiger partial charge in [-0.05, 0) is 43.4 Å². The summed E-state index contributed by atoms with van der Waals surface area (Å²) in [5, 5.41) is 21.1. The SMILES string of the molecule is O=C(O)C1CCCC(C(=O)NCCc2ccc(O)cc2)C1. The molecule has 0 aromatic heterocycles. The topological polar surface area (TPSA) is 86.6 Å². The molecule has 0 spiro atoms. The number of hydrogen-bond acceptors (Lipinski definition) is 3. The molecule has 1 aromatic rings. The molecule has 114 valence electrons. The highest BCUT2D eigenvalue weighted by Crippen LogP contribution is 2.29. The Morgan fingerprint density at radius 3 is 2.48 bits per heavy atom. The summed E-state index contributed by atoms with van der Waals surface area (Å²) in [5.74, 6) is -1.17. The highest BCUT2D eigenvalue weighted by atomic mass is 16.4. The van der Waals surface area contributed by atoms with Crippen LogP contribution in [0.5, 0.6) is 5.75 Å². The third kappa shape index (κ3) is 4.48. The number of benzene rings is 1. The van der Waals surface area contributed by atoms with Gasteiger partial charge in [0.05, 0.1) is 5.92 Å². The summed E-state index contributed by atoms with van der Waals surface area (Å²) in [7, 11) is 0. The number of aliphatic carboxylic acids is 1. The minimum atomic E-state index is -0.795. The second kappa shape index (κ2) is 7.11. The first kappa shape index (κ1) is 15.4. The molecule has 1 fully saturated rings. The van der Waals surface area contributed by atoms with Gasteiger partial charge in [0.1, 0.15) is 5.75 Å². The van der Waals surface area contributed by atoms with Gasteiger partial charge < -0.3 is 15.5 Å². The lowest BCUT2D eigenvalue weighted by Gasteiger charge is -2.25. The average molecular weight is 291 g/mol. The van der Waals surface area contributed by atoms with Crippen molar-refractivity contribution in [3.63, 3.8) is 0 Å². The van der Waals surface area contributed by atoms with Gasteiger partial charge in [0.25, 0.3) is 0 Å². The van der Waals surface area contributed by atoms with Crippen LogP contribution in [0.15, 0.2) is 24.3 Å². The highest BCUT2D eigenvalue weighted by Gasteiger charge is 2.30. The van der Waals surface area contributed by atoms with Gasteiger partial charge in [-0.25, -0.2) is 0 Å². The molecule has 0 radical (unpaired) electrons. The molecule has 5 heteroatoms. The van der Waals surface area contributed by atoms with E-state index in [1.54, 1.807) is 12.1 Å². The van der Waals surface area contributed by atoms with Crippen molar-refractivity contribution in [3.05, 3.63) is 29.8 Å². The number of rotatable bonds is 5. The quantitative estimate of drug-likeness (QED) is 0.774. The summed E-state index contributed by atoms with van der Waals surface area (Å²) in [4.78, 5) is 23.1. The fourth-order valence-electron chi connectivity index (χ4n) is 2.79. The third-order valence-corrected chi connectivity index (χ3v) is 4.04. The van der Waals surface area contributed by atoms with Crippen LogP contribution < -0.4 is 5.32 Å². The number of carboxylic acids is 1. The number of carbonyl (C=O) groups is 2. The van der Waals surface area contributed by atoms with E-state index in [-0.39, 0.29) is 23.5 Å². The molecule has 2 atom stereocenters. The van der Waals surface area contributed by atoms with E-state index in [0.29, 0.717) is 25.8 Å². The number of hydrogen-bond donors (Lipinski definition) is 3. The van der Waals surface area contributed by atoms with Crippen molar-refractivity contribution in [2.45, 2.75) is 32.1 Å². The van der Waals surface area contributed by atoms with Gasteiger partial charge in [0.2, 0.25) is 5.91 Å². The van der Waals surface area contributed by atoms with E-state index < -0.39 is 5.97 Å². The number of phenols is 1. The molecule has 2 rings (SSSR count). The van der Waals surface area contributed by atoms with Crippen molar-refractivity contribution < 1.29 is 19.8 Å². The zero-order chi connectivity index (χ0) is 15.2. The summed E-state index contributed by atoms with van der Waals surface area (Å²) in [6, 6.07) is 6.89. The van der Waals surface area contributed by atoms with Crippen LogP contribution in [0.3, 0.4) is 0 Å². The van der Waals surface area contributed by atoms with Gasteiger partial charge in [-0.3, -0.25) is 9.59 Å². The summed E-state index contributed by atoms with van der Waals surface area (Å²) in [6.07, 6.45) is 3.38. The lowest BCUT2D eigenvalue weighted by Crippen LogP contribution is -2.36. The van der Waals surface area contributed by atoms with E-state index in [1.807, 2.05) is 12.1 Å². The van der Waals surface area contributed by atoms with Crippen molar-refractivity contribution in [1.82, 2.24) is 5.32 Å². The average Bonchev–Trinajstić information content (AvgIpc) is 2.49. The van der Waals surface area contributed by atoms with Crippen molar-refractivity contribution in [1.29, 1.82) is 0 Å². The predicted molar refractivity (Wildman–Crippen MR) is 77.9 cm³/mol. The van der Waals surface area contributed by atoms with Crippen molar-refractivity contribution in [2.24, 2.45) is 11.8 Å². The second-order valence-corrected chi connectivity index (χ2v) is 5.61. The molecule has 1 aliphatic rings. The standard InChI is InChI=1S/C16H21NO4/c18-14-6-4-11(5-7-14)8-9-17-15(19)12-2-1-3-13(10-12)16(20)21/h4-7,12-13,18H,1-3,8-10H2,(H,17,19)(H,20,21). The lowest BCUT2D eigenvalue weighted by atomic mass is 9.81. The Balaban J connectivity index is 1.76. The Labute approximate surface area is 124 Å². The summed E-state index contributed by atoms with van der Waals surface area (Å²) < 4.78 is 0. The second-order valence-electron chi connectivity index (χ2n) is 5.61. The molecular weight excluding hydrogens is 270 g/mol. The molecule has 1 amide bonds. The largest absolute Gasteiger partial charge is 0.508 e. The fourth-order valence-corrected chi connectivity index (χ4v) is 2.79. The molecule has 0 bridgehead atoms. The number of carboxylic acid groups (broad SMARTS) is 1. The van der Waals surface area contributed by atoms with E-state index in [9.17, 15) is 14.7 Å². The molecule has 1 aliphatic carbocycles. The normalized spacial score (nSPS) is 21.7. The Kier molecular flexibility index (Phi) is 5.20. The molecule has 0 heterocycles. The summed E-state index contributed by atoms with van der Waals surface area (Å²) in [6.45, 7) is 0.526. The molecule has 21 heavy (non-hydrogen) atoms. The predicted octanol–water partition coefficient (Wildman–Crippen LogP) is 1.94. The number of nitrogens with one attached hydrogen (secondary N) is 1. The molecule has 5 nitrogen and oxygen atoms in total. The zero-order valence-electron chi connectivity index (χ0n) is 11.9. The van der Waals surface area contributed by atoms with Gasteiger partial charge in [-0.2, -0.15) is 0 Å². The lowest BCUT2D eigenvalue weighted by molar-refractivity contribution is -0.144. The summed E-state index contributed by atoms with van der Waals surface area (Å²) in [5.41, 5.74) is 1.04. The Morgan fingerprint density at radius 2 is 1.81 bits per heavy atom. The van der Waals surface area contributed by atoms with E-state index in [0.717, 1.165) is 18.4 Å². The van der Waals surface area contributed by atoms with E-state index in [1.165, 1.54) is 0 Å². The molecule has 2 unspecified atom stereocenters.